The van der Waals surface area contributed by atoms with Crippen molar-refractivity contribution in [1.82, 2.24) is 0 Å². The molecule has 26 heavy (non-hydrogen) atoms. The lowest BCUT2D eigenvalue weighted by Gasteiger charge is -2.21. The van der Waals surface area contributed by atoms with Crippen molar-refractivity contribution < 1.29 is 28.5 Å². The molecule has 7 heteroatoms. The molecule has 0 aliphatic carbocycles. The zero-order valence-electron chi connectivity index (χ0n) is 13.8. The summed E-state index contributed by atoms with van der Waals surface area (Å²) in [6, 6.07) is 9.15. The van der Waals surface area contributed by atoms with Crippen LogP contribution >= 0.6 is 0 Å². The second kappa shape index (κ2) is 6.20. The summed E-state index contributed by atoms with van der Waals surface area (Å²) in [6.07, 6.45) is 0. The molecule has 1 aliphatic heterocycles. The van der Waals surface area contributed by atoms with Crippen LogP contribution in [0.2, 0.25) is 0 Å². The van der Waals surface area contributed by atoms with Gasteiger partial charge in [0.15, 0.2) is 12.2 Å². The predicted octanol–water partition coefficient (Wildman–Crippen LogP) is 3.03. The first-order valence-electron chi connectivity index (χ1n) is 7.80. The average molecular weight is 354 g/mol. The third-order valence-corrected chi connectivity index (χ3v) is 4.16. The number of aromatic carboxylic acids is 1. The Balaban J connectivity index is 1.98. The van der Waals surface area contributed by atoms with Crippen LogP contribution in [-0.4, -0.2) is 25.0 Å². The van der Waals surface area contributed by atoms with E-state index in [-0.39, 0.29) is 30.2 Å². The maximum Gasteiger partial charge on any atom is 0.335 e. The number of carbonyl (C=O) groups is 1. The minimum absolute atomic E-state index is 0.0397. The lowest BCUT2D eigenvalue weighted by atomic mass is 10.0. The van der Waals surface area contributed by atoms with Gasteiger partial charge in [0, 0.05) is 17.7 Å². The van der Waals surface area contributed by atoms with Gasteiger partial charge in [0.25, 0.3) is 0 Å². The summed E-state index contributed by atoms with van der Waals surface area (Å²) in [4.78, 5) is 23.9. The van der Waals surface area contributed by atoms with Gasteiger partial charge in [0.05, 0.1) is 30.2 Å². The summed E-state index contributed by atoms with van der Waals surface area (Å²) < 4.78 is 21.8. The van der Waals surface area contributed by atoms with E-state index < -0.39 is 5.97 Å². The fourth-order valence-corrected chi connectivity index (χ4v) is 2.92. The third kappa shape index (κ3) is 2.68. The van der Waals surface area contributed by atoms with Crippen molar-refractivity contribution in [3.05, 3.63) is 57.7 Å². The number of rotatable bonds is 3. The topological polar surface area (TPSA) is 95.2 Å². The van der Waals surface area contributed by atoms with Crippen molar-refractivity contribution in [2.75, 3.05) is 13.9 Å². The molecule has 1 aromatic heterocycles. The van der Waals surface area contributed by atoms with E-state index in [9.17, 15) is 14.7 Å². The number of carboxylic acids is 1. The number of methoxy groups -OCH3 is 1. The maximum atomic E-state index is 12.5. The number of hydrogen-bond acceptors (Lipinski definition) is 6. The van der Waals surface area contributed by atoms with E-state index in [1.807, 2.05) is 0 Å². The molecule has 0 atom stereocenters. The zero-order valence-corrected chi connectivity index (χ0v) is 13.8. The fraction of sp³-hybridized carbons (Fsp3) is 0.158. The van der Waals surface area contributed by atoms with Gasteiger partial charge in [-0.25, -0.2) is 4.79 Å². The summed E-state index contributed by atoms with van der Waals surface area (Å²) in [5.41, 5.74) is 1.13. The van der Waals surface area contributed by atoms with Crippen molar-refractivity contribution in [3.8, 4) is 22.8 Å². The van der Waals surface area contributed by atoms with Crippen LogP contribution in [0.5, 0.6) is 11.5 Å². The smallest absolute Gasteiger partial charge is 0.335 e. The molecule has 4 rings (SSSR count). The number of fused-ring (bicyclic) bond motifs is 2. The van der Waals surface area contributed by atoms with Crippen LogP contribution in [0.15, 0.2) is 45.6 Å². The molecule has 0 unspecified atom stereocenters. The normalized spacial score (nSPS) is 13.1. The molecule has 2 heterocycles. The molecule has 1 N–H and O–H groups in total. The van der Waals surface area contributed by atoms with E-state index in [1.165, 1.54) is 25.3 Å². The predicted molar refractivity (Wildman–Crippen MR) is 91.7 cm³/mol. The van der Waals surface area contributed by atoms with Crippen LogP contribution in [0, 0.1) is 0 Å². The van der Waals surface area contributed by atoms with Gasteiger partial charge in [0.2, 0.25) is 0 Å². The lowest BCUT2D eigenvalue weighted by Crippen LogP contribution is -2.14. The van der Waals surface area contributed by atoms with E-state index in [2.05, 4.69) is 0 Å². The second-order valence-corrected chi connectivity index (χ2v) is 5.76. The summed E-state index contributed by atoms with van der Waals surface area (Å²) in [6.45, 7) is 0.257. The molecule has 3 aromatic rings. The van der Waals surface area contributed by atoms with Crippen molar-refractivity contribution in [3.63, 3.8) is 0 Å². The van der Waals surface area contributed by atoms with E-state index in [4.69, 9.17) is 18.6 Å². The molecule has 7 nitrogen and oxygen atoms in total. The first-order chi connectivity index (χ1) is 12.6. The minimum Gasteiger partial charge on any atom is -0.497 e. The van der Waals surface area contributed by atoms with Crippen molar-refractivity contribution >= 4 is 16.9 Å². The quantitative estimate of drug-likeness (QED) is 0.772. The van der Waals surface area contributed by atoms with Gasteiger partial charge < -0.3 is 23.7 Å². The van der Waals surface area contributed by atoms with E-state index in [0.717, 1.165) is 0 Å². The fourth-order valence-electron chi connectivity index (χ4n) is 2.92. The molecule has 0 saturated heterocycles. The SMILES string of the molecule is COc1ccc2c(=O)cc(-c3cc(C(=O)O)cc4c3OCOC4)oc2c1. The van der Waals surface area contributed by atoms with Crippen molar-refractivity contribution in [1.29, 1.82) is 0 Å². The van der Waals surface area contributed by atoms with Crippen LogP contribution in [-0.2, 0) is 11.3 Å². The number of ether oxygens (including phenoxy) is 3. The Hall–Kier alpha value is -3.32. The van der Waals surface area contributed by atoms with Gasteiger partial charge in [-0.05, 0) is 24.3 Å². The lowest BCUT2D eigenvalue weighted by molar-refractivity contribution is -0.0160. The largest absolute Gasteiger partial charge is 0.497 e. The molecular weight excluding hydrogens is 340 g/mol. The minimum atomic E-state index is -1.09. The Morgan fingerprint density at radius 1 is 1.19 bits per heavy atom. The molecule has 0 amide bonds. The third-order valence-electron chi connectivity index (χ3n) is 4.16. The summed E-state index contributed by atoms with van der Waals surface area (Å²) in [7, 11) is 1.52. The number of benzene rings is 2. The van der Waals surface area contributed by atoms with Crippen molar-refractivity contribution in [2.45, 2.75) is 6.61 Å². The number of carboxylic acid groups (broad SMARTS) is 1. The molecule has 132 valence electrons. The standard InChI is InChI=1S/C19H14O7/c1-23-12-2-3-13-15(20)7-17(26-16(13)6-12)14-5-10(19(21)22)4-11-8-24-9-25-18(11)14/h2-7H,8-9H2,1H3,(H,21,22). The Bertz CT molecular complexity index is 1080. The van der Waals surface area contributed by atoms with Gasteiger partial charge in [0.1, 0.15) is 22.8 Å². The van der Waals surface area contributed by atoms with Crippen LogP contribution in [0.25, 0.3) is 22.3 Å². The molecule has 0 fully saturated rings. The molecular formula is C19H14O7. The highest BCUT2D eigenvalue weighted by atomic mass is 16.7. The monoisotopic (exact) mass is 354 g/mol. The molecule has 1 aliphatic rings. The van der Waals surface area contributed by atoms with Crippen LogP contribution < -0.4 is 14.9 Å². The molecule has 0 spiro atoms. The van der Waals surface area contributed by atoms with E-state index in [0.29, 0.717) is 33.6 Å². The maximum absolute atomic E-state index is 12.5. The Kier molecular flexibility index (Phi) is 3.85. The number of hydrogen-bond donors (Lipinski definition) is 1. The van der Waals surface area contributed by atoms with Gasteiger partial charge in [-0.15, -0.1) is 0 Å². The van der Waals surface area contributed by atoms with Gasteiger partial charge >= 0.3 is 5.97 Å². The molecule has 0 saturated carbocycles. The van der Waals surface area contributed by atoms with Crippen LogP contribution in [0.1, 0.15) is 15.9 Å². The highest BCUT2D eigenvalue weighted by molar-refractivity contribution is 5.91. The molecule has 0 bridgehead atoms. The van der Waals surface area contributed by atoms with Gasteiger partial charge in [-0.2, -0.15) is 0 Å². The summed E-state index contributed by atoms with van der Waals surface area (Å²) in [5.74, 6) is 0.122. The Morgan fingerprint density at radius 2 is 2.04 bits per heavy atom. The Morgan fingerprint density at radius 3 is 2.81 bits per heavy atom. The van der Waals surface area contributed by atoms with Crippen molar-refractivity contribution in [2.24, 2.45) is 0 Å². The first-order valence-corrected chi connectivity index (χ1v) is 7.80. The van der Waals surface area contributed by atoms with Gasteiger partial charge in [-0.3, -0.25) is 4.79 Å². The van der Waals surface area contributed by atoms with E-state index in [1.54, 1.807) is 18.2 Å². The second-order valence-electron chi connectivity index (χ2n) is 5.76. The van der Waals surface area contributed by atoms with Gasteiger partial charge in [-0.1, -0.05) is 0 Å². The summed E-state index contributed by atoms with van der Waals surface area (Å²) >= 11 is 0. The highest BCUT2D eigenvalue weighted by Gasteiger charge is 2.22. The van der Waals surface area contributed by atoms with Crippen LogP contribution in [0.4, 0.5) is 0 Å². The first kappa shape index (κ1) is 16.2. The zero-order chi connectivity index (χ0) is 18.3. The molecule has 2 aromatic carbocycles. The van der Waals surface area contributed by atoms with Crippen LogP contribution in [0.3, 0.4) is 0 Å². The highest BCUT2D eigenvalue weighted by Crippen LogP contribution is 2.37. The average Bonchev–Trinajstić information content (AvgIpc) is 2.66. The van der Waals surface area contributed by atoms with E-state index >= 15 is 0 Å². The molecule has 0 radical (unpaired) electrons. The Labute approximate surface area is 147 Å². The summed E-state index contributed by atoms with van der Waals surface area (Å²) in [5, 5.41) is 9.77.